The van der Waals surface area contributed by atoms with E-state index >= 15 is 0 Å². The molecule has 1 aromatic carbocycles. The summed E-state index contributed by atoms with van der Waals surface area (Å²) in [5, 5.41) is 0. The fraction of sp³-hybridized carbons (Fsp3) is 0.619. The van der Waals surface area contributed by atoms with E-state index in [0.29, 0.717) is 13.1 Å². The normalized spacial score (nSPS) is 18.5. The van der Waals surface area contributed by atoms with Crippen LogP contribution in [0, 0.1) is 5.92 Å². The van der Waals surface area contributed by atoms with Crippen molar-refractivity contribution in [3.8, 4) is 0 Å². The largest absolute Gasteiger partial charge is 0.445 e. The number of hydrogen-bond acceptors (Lipinski definition) is 4. The summed E-state index contributed by atoms with van der Waals surface area (Å²) >= 11 is 0. The molecule has 1 saturated heterocycles. The lowest BCUT2D eigenvalue weighted by molar-refractivity contribution is -0.135. The molecule has 6 nitrogen and oxygen atoms in total. The third-order valence-electron chi connectivity index (χ3n) is 5.08. The summed E-state index contributed by atoms with van der Waals surface area (Å²) in [6.45, 7) is 9.31. The van der Waals surface area contributed by atoms with Gasteiger partial charge in [-0.25, -0.2) is 4.79 Å². The number of piperidine rings is 1. The predicted molar refractivity (Wildman–Crippen MR) is 106 cm³/mol. The standard InChI is InChI=1S/C21H33N3O3/c1-15(2)19(22)20(25)23-12-8-11-18(13-23)24(16(3)4)21(26)27-14-17-9-6-5-7-10-17/h5-7,9-10,15-16,18-19H,8,11-14,22H2,1-4H3/t18?,19-/m0/s1. The summed E-state index contributed by atoms with van der Waals surface area (Å²) in [7, 11) is 0. The van der Waals surface area contributed by atoms with E-state index in [1.807, 2.05) is 58.0 Å². The summed E-state index contributed by atoms with van der Waals surface area (Å²) in [5.74, 6) is 0.0611. The van der Waals surface area contributed by atoms with Gasteiger partial charge in [0.2, 0.25) is 5.91 Å². The van der Waals surface area contributed by atoms with Crippen LogP contribution in [-0.2, 0) is 16.1 Å². The minimum Gasteiger partial charge on any atom is -0.445 e. The molecule has 2 N–H and O–H groups in total. The average Bonchev–Trinajstić information content (AvgIpc) is 2.66. The lowest BCUT2D eigenvalue weighted by Crippen LogP contribution is -2.57. The Balaban J connectivity index is 2.02. The van der Waals surface area contributed by atoms with Gasteiger partial charge in [0.05, 0.1) is 12.1 Å². The van der Waals surface area contributed by atoms with Crippen molar-refractivity contribution in [1.82, 2.24) is 9.80 Å². The lowest BCUT2D eigenvalue weighted by Gasteiger charge is -2.41. The first kappa shape index (κ1) is 21.2. The van der Waals surface area contributed by atoms with Crippen LogP contribution in [0.5, 0.6) is 0 Å². The first-order valence-electron chi connectivity index (χ1n) is 9.84. The Morgan fingerprint density at radius 1 is 1.22 bits per heavy atom. The van der Waals surface area contributed by atoms with Crippen LogP contribution < -0.4 is 5.73 Å². The maximum Gasteiger partial charge on any atom is 0.410 e. The molecule has 1 aliphatic heterocycles. The highest BCUT2D eigenvalue weighted by atomic mass is 16.6. The van der Waals surface area contributed by atoms with E-state index in [0.717, 1.165) is 18.4 Å². The quantitative estimate of drug-likeness (QED) is 0.829. The molecule has 1 heterocycles. The first-order valence-corrected chi connectivity index (χ1v) is 9.84. The number of carbonyl (C=O) groups excluding carboxylic acids is 2. The van der Waals surface area contributed by atoms with Crippen LogP contribution in [0.15, 0.2) is 30.3 Å². The van der Waals surface area contributed by atoms with E-state index in [9.17, 15) is 9.59 Å². The predicted octanol–water partition coefficient (Wildman–Crippen LogP) is 3.01. The van der Waals surface area contributed by atoms with Gasteiger partial charge in [-0.05, 0) is 38.2 Å². The smallest absolute Gasteiger partial charge is 0.410 e. The number of amides is 2. The van der Waals surface area contributed by atoms with Gasteiger partial charge in [-0.2, -0.15) is 0 Å². The number of hydrogen-bond donors (Lipinski definition) is 1. The molecule has 1 unspecified atom stereocenters. The van der Waals surface area contributed by atoms with Crippen LogP contribution in [0.3, 0.4) is 0 Å². The maximum atomic E-state index is 12.8. The summed E-state index contributed by atoms with van der Waals surface area (Å²) in [5.41, 5.74) is 7.00. The molecule has 6 heteroatoms. The average molecular weight is 376 g/mol. The van der Waals surface area contributed by atoms with E-state index in [-0.39, 0.29) is 36.6 Å². The Kier molecular flexibility index (Phi) is 7.66. The summed E-state index contributed by atoms with van der Waals surface area (Å²) in [6, 6.07) is 9.08. The minimum atomic E-state index is -0.499. The van der Waals surface area contributed by atoms with Gasteiger partial charge in [-0.15, -0.1) is 0 Å². The molecule has 2 atom stereocenters. The molecule has 0 radical (unpaired) electrons. The fourth-order valence-corrected chi connectivity index (χ4v) is 3.45. The van der Waals surface area contributed by atoms with Gasteiger partial charge in [-0.1, -0.05) is 44.2 Å². The fourth-order valence-electron chi connectivity index (χ4n) is 3.45. The zero-order valence-electron chi connectivity index (χ0n) is 16.9. The molecular formula is C21H33N3O3. The molecule has 0 bridgehead atoms. The second kappa shape index (κ2) is 9.74. The Labute approximate surface area is 162 Å². The van der Waals surface area contributed by atoms with Gasteiger partial charge in [0.1, 0.15) is 6.61 Å². The number of nitrogens with zero attached hydrogens (tertiary/aromatic N) is 2. The summed E-state index contributed by atoms with van der Waals surface area (Å²) < 4.78 is 5.55. The van der Waals surface area contributed by atoms with Crippen molar-refractivity contribution in [1.29, 1.82) is 0 Å². The van der Waals surface area contributed by atoms with Gasteiger partial charge in [0, 0.05) is 19.1 Å². The van der Waals surface area contributed by atoms with Crippen LogP contribution in [0.1, 0.15) is 46.1 Å². The molecule has 0 aliphatic carbocycles. The third kappa shape index (κ3) is 5.70. The van der Waals surface area contributed by atoms with E-state index in [2.05, 4.69) is 0 Å². The molecular weight excluding hydrogens is 342 g/mol. The molecule has 27 heavy (non-hydrogen) atoms. The highest BCUT2D eigenvalue weighted by molar-refractivity contribution is 5.82. The van der Waals surface area contributed by atoms with Crippen molar-refractivity contribution in [3.05, 3.63) is 35.9 Å². The second-order valence-corrected chi connectivity index (χ2v) is 7.89. The summed E-state index contributed by atoms with van der Waals surface area (Å²) in [6.07, 6.45) is 1.39. The molecule has 150 valence electrons. The van der Waals surface area contributed by atoms with Crippen LogP contribution >= 0.6 is 0 Å². The van der Waals surface area contributed by atoms with Crippen LogP contribution in [-0.4, -0.2) is 53.0 Å². The van der Waals surface area contributed by atoms with Crippen molar-refractivity contribution in [2.45, 2.75) is 65.3 Å². The topological polar surface area (TPSA) is 75.9 Å². The Bertz CT molecular complexity index is 618. The van der Waals surface area contributed by atoms with Crippen molar-refractivity contribution in [3.63, 3.8) is 0 Å². The number of ether oxygens (including phenoxy) is 1. The van der Waals surface area contributed by atoms with E-state index in [1.165, 1.54) is 0 Å². The number of nitrogens with two attached hydrogens (primary N) is 1. The molecule has 1 fully saturated rings. The molecule has 0 aromatic heterocycles. The number of rotatable bonds is 6. The second-order valence-electron chi connectivity index (χ2n) is 7.89. The van der Waals surface area contributed by atoms with Crippen molar-refractivity contribution in [2.24, 2.45) is 11.7 Å². The lowest BCUT2D eigenvalue weighted by atomic mass is 9.99. The van der Waals surface area contributed by atoms with Crippen molar-refractivity contribution >= 4 is 12.0 Å². The highest BCUT2D eigenvalue weighted by Gasteiger charge is 2.34. The van der Waals surface area contributed by atoms with Gasteiger partial charge >= 0.3 is 6.09 Å². The maximum absolute atomic E-state index is 12.8. The number of benzene rings is 1. The van der Waals surface area contributed by atoms with Crippen molar-refractivity contribution < 1.29 is 14.3 Å². The molecule has 2 rings (SSSR count). The Morgan fingerprint density at radius 3 is 2.48 bits per heavy atom. The zero-order chi connectivity index (χ0) is 20.0. The van der Waals surface area contributed by atoms with E-state index in [1.54, 1.807) is 9.80 Å². The Morgan fingerprint density at radius 2 is 1.89 bits per heavy atom. The van der Waals surface area contributed by atoms with Crippen molar-refractivity contribution in [2.75, 3.05) is 13.1 Å². The highest BCUT2D eigenvalue weighted by Crippen LogP contribution is 2.21. The monoisotopic (exact) mass is 375 g/mol. The SMILES string of the molecule is CC(C)[C@H](N)C(=O)N1CCCC(N(C(=O)OCc2ccccc2)C(C)C)C1. The van der Waals surface area contributed by atoms with Crippen LogP contribution in [0.2, 0.25) is 0 Å². The summed E-state index contributed by atoms with van der Waals surface area (Å²) in [4.78, 5) is 28.9. The first-order chi connectivity index (χ1) is 12.8. The minimum absolute atomic E-state index is 0.00732. The number of carbonyl (C=O) groups is 2. The van der Waals surface area contributed by atoms with Crippen LogP contribution in [0.4, 0.5) is 4.79 Å². The van der Waals surface area contributed by atoms with E-state index < -0.39 is 6.04 Å². The molecule has 1 aliphatic rings. The van der Waals surface area contributed by atoms with Crippen LogP contribution in [0.25, 0.3) is 0 Å². The third-order valence-corrected chi connectivity index (χ3v) is 5.08. The molecule has 1 aromatic rings. The molecule has 0 saturated carbocycles. The van der Waals surface area contributed by atoms with Gasteiger partial charge in [0.25, 0.3) is 0 Å². The van der Waals surface area contributed by atoms with E-state index in [4.69, 9.17) is 10.5 Å². The number of likely N-dealkylation sites (tertiary alicyclic amines) is 1. The zero-order valence-corrected chi connectivity index (χ0v) is 16.9. The van der Waals surface area contributed by atoms with Gasteiger partial charge < -0.3 is 20.3 Å². The molecule has 0 spiro atoms. The van der Waals surface area contributed by atoms with Gasteiger partial charge in [-0.3, -0.25) is 4.79 Å². The molecule has 2 amide bonds. The van der Waals surface area contributed by atoms with Gasteiger partial charge in [0.15, 0.2) is 0 Å². The Hall–Kier alpha value is -2.08.